The fourth-order valence-electron chi connectivity index (χ4n) is 2.27. The number of nitrogens with two attached hydrogens (primary N) is 1. The van der Waals surface area contributed by atoms with E-state index in [1.165, 1.54) is 30.4 Å². The Bertz CT molecular complexity index is 893. The predicted octanol–water partition coefficient (Wildman–Crippen LogP) is 3.64. The Morgan fingerprint density at radius 1 is 1.33 bits per heavy atom. The summed E-state index contributed by atoms with van der Waals surface area (Å²) in [5.41, 5.74) is 5.29. The van der Waals surface area contributed by atoms with E-state index < -0.39 is 23.5 Å². The third-order valence-corrected chi connectivity index (χ3v) is 3.59. The van der Waals surface area contributed by atoms with E-state index >= 15 is 0 Å². The SMILES string of the molecule is C=NN(/C=C(\C)C(N)=O)c1ccnc(Cc2cc(F)cc(C(F)(F)F)c2)c1. The molecule has 0 spiro atoms. The van der Waals surface area contributed by atoms with Crippen LogP contribution >= 0.6 is 0 Å². The molecule has 0 fully saturated rings. The summed E-state index contributed by atoms with van der Waals surface area (Å²) in [5, 5.41) is 5.03. The van der Waals surface area contributed by atoms with Crippen LogP contribution in [-0.2, 0) is 17.4 Å². The quantitative estimate of drug-likeness (QED) is 0.360. The van der Waals surface area contributed by atoms with Crippen molar-refractivity contribution in [2.75, 3.05) is 5.01 Å². The minimum atomic E-state index is -4.65. The van der Waals surface area contributed by atoms with Gasteiger partial charge in [0.2, 0.25) is 5.91 Å². The number of primary amides is 1. The number of benzene rings is 1. The summed E-state index contributed by atoms with van der Waals surface area (Å²) in [7, 11) is 0. The first-order valence-corrected chi connectivity index (χ1v) is 7.66. The Morgan fingerprint density at radius 3 is 2.63 bits per heavy atom. The van der Waals surface area contributed by atoms with Gasteiger partial charge in [-0.2, -0.15) is 18.3 Å². The van der Waals surface area contributed by atoms with Crippen molar-refractivity contribution in [1.29, 1.82) is 0 Å². The van der Waals surface area contributed by atoms with Gasteiger partial charge in [-0.3, -0.25) is 9.78 Å². The second kappa shape index (κ2) is 7.98. The Labute approximate surface area is 152 Å². The Kier molecular flexibility index (Phi) is 5.94. The number of hydrogen-bond donors (Lipinski definition) is 1. The van der Waals surface area contributed by atoms with Crippen molar-refractivity contribution in [1.82, 2.24) is 4.98 Å². The number of pyridine rings is 1. The summed E-state index contributed by atoms with van der Waals surface area (Å²) in [6, 6.07) is 5.43. The lowest BCUT2D eigenvalue weighted by Crippen LogP contribution is -2.16. The fourth-order valence-corrected chi connectivity index (χ4v) is 2.27. The molecule has 1 heterocycles. The van der Waals surface area contributed by atoms with Gasteiger partial charge in [-0.1, -0.05) is 0 Å². The number of carbonyl (C=O) groups is 1. The molecule has 0 bridgehead atoms. The molecule has 0 unspecified atom stereocenters. The number of nitrogens with zero attached hydrogens (tertiary/aromatic N) is 3. The maximum Gasteiger partial charge on any atom is 0.416 e. The molecule has 2 N–H and O–H groups in total. The molecule has 0 saturated heterocycles. The van der Waals surface area contributed by atoms with Crippen LogP contribution in [0.3, 0.4) is 0 Å². The van der Waals surface area contributed by atoms with Crippen molar-refractivity contribution in [3.8, 4) is 0 Å². The van der Waals surface area contributed by atoms with Crippen LogP contribution < -0.4 is 10.7 Å². The molecule has 2 aromatic rings. The molecule has 5 nitrogen and oxygen atoms in total. The standard InChI is InChI=1S/C18H16F4N4O/c1-11(17(23)27)10-26(24-2)16-3-4-25-15(9-16)7-12-5-13(18(20,21)22)8-14(19)6-12/h3-6,8-10H,2,7H2,1H3,(H2,23,27)/b11-10+. The lowest BCUT2D eigenvalue weighted by molar-refractivity contribution is -0.137. The normalized spacial score (nSPS) is 12.0. The van der Waals surface area contributed by atoms with Crippen LogP contribution in [0.25, 0.3) is 0 Å². The number of carbonyl (C=O) groups excluding carboxylic acids is 1. The van der Waals surface area contributed by atoms with Crippen LogP contribution in [0.5, 0.6) is 0 Å². The van der Waals surface area contributed by atoms with Crippen molar-refractivity contribution in [3.63, 3.8) is 0 Å². The first kappa shape index (κ1) is 20.1. The third-order valence-electron chi connectivity index (χ3n) is 3.59. The molecule has 0 aliphatic carbocycles. The van der Waals surface area contributed by atoms with Crippen LogP contribution in [-0.4, -0.2) is 17.6 Å². The summed E-state index contributed by atoms with van der Waals surface area (Å²) in [6.45, 7) is 4.89. The number of aromatic nitrogens is 1. The van der Waals surface area contributed by atoms with E-state index in [2.05, 4.69) is 16.8 Å². The zero-order valence-electron chi connectivity index (χ0n) is 14.3. The summed E-state index contributed by atoms with van der Waals surface area (Å²) in [4.78, 5) is 15.2. The molecule has 0 saturated carbocycles. The number of rotatable bonds is 6. The van der Waals surface area contributed by atoms with Crippen molar-refractivity contribution in [2.24, 2.45) is 10.8 Å². The molecule has 9 heteroatoms. The number of hydrogen-bond acceptors (Lipinski definition) is 4. The zero-order chi connectivity index (χ0) is 20.2. The number of hydrazone groups is 1. The zero-order valence-corrected chi connectivity index (χ0v) is 14.3. The number of anilines is 1. The molecule has 0 aliphatic rings. The molecule has 0 aliphatic heterocycles. The monoisotopic (exact) mass is 380 g/mol. The second-order valence-corrected chi connectivity index (χ2v) is 5.69. The van der Waals surface area contributed by atoms with Gasteiger partial charge in [-0.05, 0) is 42.8 Å². The Hall–Kier alpha value is -3.23. The van der Waals surface area contributed by atoms with E-state index in [1.807, 2.05) is 0 Å². The molecular formula is C18H16F4N4O. The minimum Gasteiger partial charge on any atom is -0.366 e. The van der Waals surface area contributed by atoms with Gasteiger partial charge in [0, 0.05) is 36.8 Å². The molecule has 2 rings (SSSR count). The van der Waals surface area contributed by atoms with Gasteiger partial charge in [-0.15, -0.1) is 0 Å². The smallest absolute Gasteiger partial charge is 0.366 e. The van der Waals surface area contributed by atoms with Gasteiger partial charge in [0.15, 0.2) is 0 Å². The Balaban J connectivity index is 2.33. The summed E-state index contributed by atoms with van der Waals surface area (Å²) < 4.78 is 52.0. The highest BCUT2D eigenvalue weighted by molar-refractivity contribution is 5.91. The van der Waals surface area contributed by atoms with Crippen LogP contribution in [0, 0.1) is 5.82 Å². The van der Waals surface area contributed by atoms with Gasteiger partial charge in [0.1, 0.15) is 5.82 Å². The molecule has 1 amide bonds. The first-order chi connectivity index (χ1) is 12.6. The predicted molar refractivity (Wildman–Crippen MR) is 93.4 cm³/mol. The van der Waals surface area contributed by atoms with E-state index in [1.54, 1.807) is 6.07 Å². The largest absolute Gasteiger partial charge is 0.416 e. The number of halogens is 4. The molecule has 0 atom stereocenters. The molecule has 142 valence electrons. The fraction of sp³-hybridized carbons (Fsp3) is 0.167. The summed E-state index contributed by atoms with van der Waals surface area (Å²) >= 11 is 0. The maximum atomic E-state index is 13.5. The summed E-state index contributed by atoms with van der Waals surface area (Å²) in [6.07, 6.45) is -1.90. The van der Waals surface area contributed by atoms with Gasteiger partial charge in [0.05, 0.1) is 11.3 Å². The van der Waals surface area contributed by atoms with Gasteiger partial charge < -0.3 is 5.73 Å². The second-order valence-electron chi connectivity index (χ2n) is 5.69. The highest BCUT2D eigenvalue weighted by Crippen LogP contribution is 2.31. The minimum absolute atomic E-state index is 0.0296. The van der Waals surface area contributed by atoms with Crippen LogP contribution in [0.4, 0.5) is 23.2 Å². The van der Waals surface area contributed by atoms with E-state index in [-0.39, 0.29) is 17.6 Å². The highest BCUT2D eigenvalue weighted by Gasteiger charge is 2.31. The molecule has 27 heavy (non-hydrogen) atoms. The van der Waals surface area contributed by atoms with Crippen molar-refractivity contribution < 1.29 is 22.4 Å². The third kappa shape index (κ3) is 5.37. The lowest BCUT2D eigenvalue weighted by atomic mass is 10.0. The topological polar surface area (TPSA) is 71.6 Å². The molecule has 0 radical (unpaired) electrons. The van der Waals surface area contributed by atoms with Gasteiger partial charge in [-0.25, -0.2) is 9.40 Å². The lowest BCUT2D eigenvalue weighted by Gasteiger charge is -2.15. The molecule has 1 aromatic carbocycles. The van der Waals surface area contributed by atoms with Crippen molar-refractivity contribution >= 4 is 18.3 Å². The van der Waals surface area contributed by atoms with E-state index in [0.29, 0.717) is 17.4 Å². The number of alkyl halides is 3. The summed E-state index contributed by atoms with van der Waals surface area (Å²) in [5.74, 6) is -1.62. The highest BCUT2D eigenvalue weighted by atomic mass is 19.4. The van der Waals surface area contributed by atoms with Gasteiger partial charge >= 0.3 is 6.18 Å². The van der Waals surface area contributed by atoms with E-state index in [0.717, 1.165) is 12.1 Å². The average molecular weight is 380 g/mol. The number of amides is 1. The van der Waals surface area contributed by atoms with E-state index in [4.69, 9.17) is 5.73 Å². The maximum absolute atomic E-state index is 13.5. The molecule has 1 aromatic heterocycles. The van der Waals surface area contributed by atoms with Crippen molar-refractivity contribution in [2.45, 2.75) is 19.5 Å². The van der Waals surface area contributed by atoms with Crippen LogP contribution in [0.1, 0.15) is 23.7 Å². The van der Waals surface area contributed by atoms with E-state index in [9.17, 15) is 22.4 Å². The molecular weight excluding hydrogens is 364 g/mol. The Morgan fingerprint density at radius 2 is 2.04 bits per heavy atom. The van der Waals surface area contributed by atoms with Crippen LogP contribution in [0.15, 0.2) is 53.4 Å². The van der Waals surface area contributed by atoms with Crippen LogP contribution in [0.2, 0.25) is 0 Å². The first-order valence-electron chi connectivity index (χ1n) is 7.66. The van der Waals surface area contributed by atoms with Gasteiger partial charge in [0.25, 0.3) is 0 Å². The average Bonchev–Trinajstić information content (AvgIpc) is 2.58. The van der Waals surface area contributed by atoms with Crippen molar-refractivity contribution in [3.05, 3.63) is 70.9 Å².